The SMILES string of the molecule is Cc1nn(-c2nccs2)c(N)c1C(=O)O. The van der Waals surface area contributed by atoms with Gasteiger partial charge in [0.05, 0.1) is 5.69 Å². The highest BCUT2D eigenvalue weighted by atomic mass is 32.1. The zero-order chi connectivity index (χ0) is 11.0. The van der Waals surface area contributed by atoms with Crippen LogP contribution in [0.25, 0.3) is 5.13 Å². The minimum Gasteiger partial charge on any atom is -0.477 e. The number of anilines is 1. The molecule has 0 aliphatic carbocycles. The quantitative estimate of drug-likeness (QED) is 0.790. The summed E-state index contributed by atoms with van der Waals surface area (Å²) >= 11 is 1.34. The van der Waals surface area contributed by atoms with E-state index in [0.717, 1.165) is 0 Å². The highest BCUT2D eigenvalue weighted by molar-refractivity contribution is 7.12. The summed E-state index contributed by atoms with van der Waals surface area (Å²) in [5.41, 5.74) is 6.10. The Bertz CT molecular complexity index is 503. The van der Waals surface area contributed by atoms with Crippen LogP contribution in [-0.2, 0) is 0 Å². The number of carboxylic acids is 1. The molecule has 0 atom stereocenters. The van der Waals surface area contributed by atoms with Crippen molar-refractivity contribution in [2.24, 2.45) is 0 Å². The number of aryl methyl sites for hydroxylation is 1. The first-order valence-electron chi connectivity index (χ1n) is 4.09. The highest BCUT2D eigenvalue weighted by Crippen LogP contribution is 2.21. The molecule has 0 aliphatic rings. The number of nitrogen functional groups attached to an aromatic ring is 1. The molecule has 0 spiro atoms. The van der Waals surface area contributed by atoms with Crippen LogP contribution in [0.2, 0.25) is 0 Å². The first kappa shape index (κ1) is 9.66. The van der Waals surface area contributed by atoms with Gasteiger partial charge in [0.25, 0.3) is 0 Å². The average molecular weight is 224 g/mol. The monoisotopic (exact) mass is 224 g/mol. The number of aromatic carboxylic acids is 1. The lowest BCUT2D eigenvalue weighted by molar-refractivity contribution is 0.0697. The third-order valence-corrected chi connectivity index (χ3v) is 2.66. The lowest BCUT2D eigenvalue weighted by Crippen LogP contribution is -2.05. The van der Waals surface area contributed by atoms with Crippen LogP contribution in [0.4, 0.5) is 5.82 Å². The average Bonchev–Trinajstić information content (AvgIpc) is 2.72. The van der Waals surface area contributed by atoms with E-state index in [2.05, 4.69) is 10.1 Å². The number of rotatable bonds is 2. The Balaban J connectivity index is 2.61. The minimum atomic E-state index is -1.08. The number of carbonyl (C=O) groups is 1. The van der Waals surface area contributed by atoms with Gasteiger partial charge in [-0.15, -0.1) is 11.3 Å². The van der Waals surface area contributed by atoms with Crippen LogP contribution in [0.15, 0.2) is 11.6 Å². The summed E-state index contributed by atoms with van der Waals surface area (Å²) in [4.78, 5) is 14.9. The summed E-state index contributed by atoms with van der Waals surface area (Å²) in [6.45, 7) is 1.60. The minimum absolute atomic E-state index is 0.0326. The highest BCUT2D eigenvalue weighted by Gasteiger charge is 2.20. The van der Waals surface area contributed by atoms with E-state index >= 15 is 0 Å². The number of thiazole rings is 1. The van der Waals surface area contributed by atoms with Gasteiger partial charge < -0.3 is 10.8 Å². The van der Waals surface area contributed by atoms with Crippen LogP contribution in [0.3, 0.4) is 0 Å². The molecule has 0 amide bonds. The maximum Gasteiger partial charge on any atom is 0.341 e. The number of hydrogen-bond donors (Lipinski definition) is 2. The van der Waals surface area contributed by atoms with Gasteiger partial charge in [0, 0.05) is 11.6 Å². The molecule has 0 aliphatic heterocycles. The molecule has 0 unspecified atom stereocenters. The first-order chi connectivity index (χ1) is 7.11. The number of carboxylic acid groups (broad SMARTS) is 1. The Labute approximate surface area is 89.0 Å². The van der Waals surface area contributed by atoms with Crippen molar-refractivity contribution < 1.29 is 9.90 Å². The van der Waals surface area contributed by atoms with Crippen LogP contribution >= 0.6 is 11.3 Å². The van der Waals surface area contributed by atoms with Crippen molar-refractivity contribution in [1.82, 2.24) is 14.8 Å². The molecule has 2 rings (SSSR count). The van der Waals surface area contributed by atoms with Gasteiger partial charge in [-0.25, -0.2) is 9.78 Å². The standard InChI is InChI=1S/C8H8N4O2S/c1-4-5(7(13)14)6(9)12(11-4)8-10-2-3-15-8/h2-3H,9H2,1H3,(H,13,14). The second kappa shape index (κ2) is 3.35. The van der Waals surface area contributed by atoms with Crippen LogP contribution in [-0.4, -0.2) is 25.8 Å². The van der Waals surface area contributed by atoms with Crippen molar-refractivity contribution in [3.8, 4) is 5.13 Å². The number of nitrogens with zero attached hydrogens (tertiary/aromatic N) is 3. The summed E-state index contributed by atoms with van der Waals surface area (Å²) in [5.74, 6) is -0.970. The molecule has 15 heavy (non-hydrogen) atoms. The van der Waals surface area contributed by atoms with Crippen molar-refractivity contribution in [1.29, 1.82) is 0 Å². The summed E-state index contributed by atoms with van der Waals surface area (Å²) in [7, 11) is 0. The van der Waals surface area contributed by atoms with E-state index in [-0.39, 0.29) is 11.4 Å². The predicted molar refractivity (Wildman–Crippen MR) is 55.3 cm³/mol. The molecule has 7 heteroatoms. The van der Waals surface area contributed by atoms with Crippen LogP contribution in [0.1, 0.15) is 16.1 Å². The lowest BCUT2D eigenvalue weighted by atomic mass is 10.2. The molecule has 0 radical (unpaired) electrons. The van der Waals surface area contributed by atoms with Crippen LogP contribution < -0.4 is 5.73 Å². The van der Waals surface area contributed by atoms with Gasteiger partial charge in [0.2, 0.25) is 5.13 Å². The van der Waals surface area contributed by atoms with Crippen molar-refractivity contribution in [3.05, 3.63) is 22.8 Å². The summed E-state index contributed by atoms with van der Waals surface area (Å²) < 4.78 is 1.34. The maximum atomic E-state index is 10.9. The Morgan fingerprint density at radius 2 is 2.40 bits per heavy atom. The fourth-order valence-corrected chi connectivity index (χ4v) is 1.88. The van der Waals surface area contributed by atoms with E-state index in [9.17, 15) is 4.79 Å². The van der Waals surface area contributed by atoms with Gasteiger partial charge >= 0.3 is 5.97 Å². The fourth-order valence-electron chi connectivity index (χ4n) is 1.28. The number of hydrogen-bond acceptors (Lipinski definition) is 5. The summed E-state index contributed by atoms with van der Waals surface area (Å²) in [6.07, 6.45) is 1.61. The molecule has 0 saturated heterocycles. The second-order valence-electron chi connectivity index (χ2n) is 2.88. The van der Waals surface area contributed by atoms with Crippen molar-refractivity contribution >= 4 is 23.1 Å². The van der Waals surface area contributed by atoms with Gasteiger partial charge in [0.15, 0.2) is 0 Å². The van der Waals surface area contributed by atoms with Crippen LogP contribution in [0, 0.1) is 6.92 Å². The molecule has 78 valence electrons. The number of nitrogens with two attached hydrogens (primary N) is 1. The van der Waals surface area contributed by atoms with Gasteiger partial charge in [-0.1, -0.05) is 0 Å². The first-order valence-corrected chi connectivity index (χ1v) is 4.97. The molecule has 0 bridgehead atoms. The van der Waals surface area contributed by atoms with Crippen LogP contribution in [0.5, 0.6) is 0 Å². The molecule has 0 aromatic carbocycles. The lowest BCUT2D eigenvalue weighted by Gasteiger charge is -1.97. The van der Waals surface area contributed by atoms with E-state index in [1.54, 1.807) is 18.5 Å². The molecule has 0 fully saturated rings. The molecule has 2 heterocycles. The fraction of sp³-hybridized carbons (Fsp3) is 0.125. The Hall–Kier alpha value is -1.89. The van der Waals surface area contributed by atoms with E-state index in [1.807, 2.05) is 0 Å². The maximum absolute atomic E-state index is 10.9. The van der Waals surface area contributed by atoms with Gasteiger partial charge in [-0.3, -0.25) is 0 Å². The predicted octanol–water partition coefficient (Wildman–Crippen LogP) is 0.918. The van der Waals surface area contributed by atoms with Gasteiger partial charge in [0.1, 0.15) is 11.4 Å². The molecule has 2 aromatic heterocycles. The molecule has 3 N–H and O–H groups in total. The van der Waals surface area contributed by atoms with E-state index in [4.69, 9.17) is 10.8 Å². The molecule has 6 nitrogen and oxygen atoms in total. The van der Waals surface area contributed by atoms with Crippen molar-refractivity contribution in [2.45, 2.75) is 6.92 Å². The Morgan fingerprint density at radius 1 is 1.67 bits per heavy atom. The second-order valence-corrected chi connectivity index (χ2v) is 3.75. The van der Waals surface area contributed by atoms with Crippen molar-refractivity contribution in [2.75, 3.05) is 5.73 Å². The number of aromatic nitrogens is 3. The third-order valence-electron chi connectivity index (χ3n) is 1.91. The molecular weight excluding hydrogens is 216 g/mol. The van der Waals surface area contributed by atoms with E-state index in [0.29, 0.717) is 10.8 Å². The molecule has 0 saturated carbocycles. The molecular formula is C8H8N4O2S. The third kappa shape index (κ3) is 1.46. The topological polar surface area (TPSA) is 94.0 Å². The van der Waals surface area contributed by atoms with Gasteiger partial charge in [-0.05, 0) is 6.92 Å². The zero-order valence-corrected chi connectivity index (χ0v) is 8.65. The normalized spacial score (nSPS) is 10.5. The van der Waals surface area contributed by atoms with Crippen molar-refractivity contribution in [3.63, 3.8) is 0 Å². The smallest absolute Gasteiger partial charge is 0.341 e. The summed E-state index contributed by atoms with van der Waals surface area (Å²) in [5, 5.41) is 15.3. The van der Waals surface area contributed by atoms with E-state index in [1.165, 1.54) is 16.0 Å². The summed E-state index contributed by atoms with van der Waals surface area (Å²) in [6, 6.07) is 0. The Kier molecular flexibility index (Phi) is 2.16. The van der Waals surface area contributed by atoms with Gasteiger partial charge in [-0.2, -0.15) is 9.78 Å². The Morgan fingerprint density at radius 3 is 2.87 bits per heavy atom. The van der Waals surface area contributed by atoms with E-state index < -0.39 is 5.97 Å². The molecule has 2 aromatic rings. The zero-order valence-electron chi connectivity index (χ0n) is 7.84. The largest absolute Gasteiger partial charge is 0.477 e.